The summed E-state index contributed by atoms with van der Waals surface area (Å²) in [5, 5.41) is 14.6. The second kappa shape index (κ2) is 12.3. The van der Waals surface area contributed by atoms with E-state index in [1.54, 1.807) is 0 Å². The van der Waals surface area contributed by atoms with Crippen LogP contribution < -0.4 is 10.1 Å². The fourth-order valence-corrected chi connectivity index (χ4v) is 3.82. The summed E-state index contributed by atoms with van der Waals surface area (Å²) < 4.78 is 5.85. The molecule has 0 aliphatic carbocycles. The summed E-state index contributed by atoms with van der Waals surface area (Å²) in [5.74, 6) is 0.807. The number of nitrogens with zero attached hydrogens (tertiary/aromatic N) is 2. The molecule has 1 atom stereocenters. The minimum Gasteiger partial charge on any atom is -0.491 e. The highest BCUT2D eigenvalue weighted by atomic mass is 35.5. The van der Waals surface area contributed by atoms with Crippen LogP contribution in [0.3, 0.4) is 0 Å². The van der Waals surface area contributed by atoms with Crippen LogP contribution >= 0.6 is 11.6 Å². The largest absolute Gasteiger partial charge is 0.491 e. The molecule has 6 heteroatoms. The highest BCUT2D eigenvalue weighted by molar-refractivity contribution is 6.30. The first kappa shape index (κ1) is 23.0. The summed E-state index contributed by atoms with van der Waals surface area (Å²) in [6, 6.07) is 16.1. The number of hydrogen-bond donors (Lipinski definition) is 2. The smallest absolute Gasteiger partial charge is 0.119 e. The number of halogens is 1. The van der Waals surface area contributed by atoms with Gasteiger partial charge >= 0.3 is 0 Å². The Balaban J connectivity index is 1.34. The number of piperazine rings is 1. The zero-order chi connectivity index (χ0) is 21.2. The second-order valence-corrected chi connectivity index (χ2v) is 8.34. The first-order valence-corrected chi connectivity index (χ1v) is 11.3. The van der Waals surface area contributed by atoms with Gasteiger partial charge in [-0.05, 0) is 54.9 Å². The van der Waals surface area contributed by atoms with Crippen molar-refractivity contribution in [2.24, 2.45) is 0 Å². The maximum absolute atomic E-state index is 10.4. The SMILES string of the molecule is CCN1CCN(CC(O)COc2cccc(CNCCc3ccc(Cl)cc3)c2)CC1. The van der Waals surface area contributed by atoms with Crippen molar-refractivity contribution in [2.75, 3.05) is 52.4 Å². The number of β-amino-alcohol motifs (C(OH)–C–C–N with tert-alkyl or cyclic N) is 1. The predicted octanol–water partition coefficient (Wildman–Crippen LogP) is 3.05. The lowest BCUT2D eigenvalue weighted by Gasteiger charge is -2.34. The van der Waals surface area contributed by atoms with Gasteiger partial charge in [-0.1, -0.05) is 42.8 Å². The molecule has 1 aliphatic rings. The number of ether oxygens (including phenoxy) is 1. The van der Waals surface area contributed by atoms with Crippen molar-refractivity contribution < 1.29 is 9.84 Å². The molecule has 5 nitrogen and oxygen atoms in total. The van der Waals surface area contributed by atoms with E-state index in [2.05, 4.69) is 40.2 Å². The monoisotopic (exact) mass is 431 g/mol. The molecular formula is C24H34ClN3O2. The third kappa shape index (κ3) is 7.89. The predicted molar refractivity (Wildman–Crippen MR) is 123 cm³/mol. The van der Waals surface area contributed by atoms with Gasteiger partial charge in [0.25, 0.3) is 0 Å². The Kier molecular flexibility index (Phi) is 9.43. The fourth-order valence-electron chi connectivity index (χ4n) is 3.69. The molecule has 1 unspecified atom stereocenters. The van der Waals surface area contributed by atoms with Crippen molar-refractivity contribution >= 4 is 11.6 Å². The molecule has 0 aromatic heterocycles. The first-order chi connectivity index (χ1) is 14.6. The van der Waals surface area contributed by atoms with Gasteiger partial charge < -0.3 is 20.1 Å². The normalized spacial score (nSPS) is 16.5. The Morgan fingerprint density at radius 3 is 2.50 bits per heavy atom. The number of nitrogens with one attached hydrogen (secondary N) is 1. The van der Waals surface area contributed by atoms with E-state index in [1.807, 2.05) is 30.3 Å². The Labute approximate surface area is 185 Å². The van der Waals surface area contributed by atoms with Crippen LogP contribution in [0.1, 0.15) is 18.1 Å². The van der Waals surface area contributed by atoms with Crippen LogP contribution in [-0.4, -0.2) is 73.4 Å². The minimum atomic E-state index is -0.473. The summed E-state index contributed by atoms with van der Waals surface area (Å²) in [6.45, 7) is 10.2. The van der Waals surface area contributed by atoms with E-state index in [1.165, 1.54) is 11.1 Å². The third-order valence-electron chi connectivity index (χ3n) is 5.55. The highest BCUT2D eigenvalue weighted by Gasteiger charge is 2.18. The minimum absolute atomic E-state index is 0.321. The lowest BCUT2D eigenvalue weighted by Crippen LogP contribution is -2.49. The summed E-state index contributed by atoms with van der Waals surface area (Å²) >= 11 is 5.93. The maximum atomic E-state index is 10.4. The topological polar surface area (TPSA) is 48.0 Å². The van der Waals surface area contributed by atoms with Crippen molar-refractivity contribution in [3.05, 3.63) is 64.7 Å². The molecule has 0 spiro atoms. The van der Waals surface area contributed by atoms with E-state index in [0.29, 0.717) is 13.2 Å². The number of hydrogen-bond acceptors (Lipinski definition) is 5. The lowest BCUT2D eigenvalue weighted by molar-refractivity contribution is 0.0471. The van der Waals surface area contributed by atoms with Crippen molar-refractivity contribution in [2.45, 2.75) is 26.0 Å². The van der Waals surface area contributed by atoms with Gasteiger partial charge in [-0.15, -0.1) is 0 Å². The van der Waals surface area contributed by atoms with E-state index in [0.717, 1.165) is 63.0 Å². The molecule has 30 heavy (non-hydrogen) atoms. The Bertz CT molecular complexity index is 748. The van der Waals surface area contributed by atoms with Gasteiger partial charge in [-0.3, -0.25) is 4.90 Å². The lowest BCUT2D eigenvalue weighted by atomic mass is 10.1. The van der Waals surface area contributed by atoms with Crippen LogP contribution in [0.15, 0.2) is 48.5 Å². The Hall–Kier alpha value is -1.63. The van der Waals surface area contributed by atoms with E-state index in [-0.39, 0.29) is 0 Å². The van der Waals surface area contributed by atoms with E-state index in [9.17, 15) is 5.11 Å². The summed E-state index contributed by atoms with van der Waals surface area (Å²) in [5.41, 5.74) is 2.45. The van der Waals surface area contributed by atoms with Gasteiger partial charge in [-0.25, -0.2) is 0 Å². The average molecular weight is 432 g/mol. The second-order valence-electron chi connectivity index (χ2n) is 7.90. The molecule has 1 heterocycles. The molecular weight excluding hydrogens is 398 g/mol. The summed E-state index contributed by atoms with van der Waals surface area (Å²) in [6.07, 6.45) is 0.492. The van der Waals surface area contributed by atoms with Crippen LogP contribution in [0.4, 0.5) is 0 Å². The molecule has 1 fully saturated rings. The number of likely N-dealkylation sites (N-methyl/N-ethyl adjacent to an activating group) is 1. The van der Waals surface area contributed by atoms with Crippen LogP contribution in [0.2, 0.25) is 5.02 Å². The molecule has 2 N–H and O–H groups in total. The van der Waals surface area contributed by atoms with Gasteiger partial charge in [0.05, 0.1) is 0 Å². The van der Waals surface area contributed by atoms with Gasteiger partial charge in [0, 0.05) is 44.3 Å². The molecule has 0 bridgehead atoms. The Morgan fingerprint density at radius 2 is 1.77 bits per heavy atom. The van der Waals surface area contributed by atoms with E-state index < -0.39 is 6.10 Å². The Morgan fingerprint density at radius 1 is 1.03 bits per heavy atom. The van der Waals surface area contributed by atoms with Gasteiger partial charge in [0.2, 0.25) is 0 Å². The number of rotatable bonds is 11. The van der Waals surface area contributed by atoms with Crippen molar-refractivity contribution in [1.82, 2.24) is 15.1 Å². The van der Waals surface area contributed by atoms with Crippen molar-refractivity contribution in [3.8, 4) is 5.75 Å². The van der Waals surface area contributed by atoms with Gasteiger partial charge in [0.1, 0.15) is 18.5 Å². The molecule has 2 aromatic rings. The van der Waals surface area contributed by atoms with Crippen LogP contribution in [0, 0.1) is 0 Å². The molecule has 3 rings (SSSR count). The standard InChI is InChI=1S/C24H34ClN3O2/c1-2-27-12-14-28(15-13-27)18-23(29)19-30-24-5-3-4-21(16-24)17-26-11-10-20-6-8-22(25)9-7-20/h3-9,16,23,26,29H,2,10-15,17-19H2,1H3. The maximum Gasteiger partial charge on any atom is 0.119 e. The number of benzene rings is 2. The third-order valence-corrected chi connectivity index (χ3v) is 5.81. The van der Waals surface area contributed by atoms with Gasteiger partial charge in [-0.2, -0.15) is 0 Å². The molecule has 164 valence electrons. The molecule has 0 radical (unpaired) electrons. The number of aliphatic hydroxyl groups is 1. The van der Waals surface area contributed by atoms with Crippen LogP contribution in [-0.2, 0) is 13.0 Å². The van der Waals surface area contributed by atoms with Crippen molar-refractivity contribution in [1.29, 1.82) is 0 Å². The first-order valence-electron chi connectivity index (χ1n) is 10.9. The van der Waals surface area contributed by atoms with Crippen LogP contribution in [0.5, 0.6) is 5.75 Å². The number of aliphatic hydroxyl groups excluding tert-OH is 1. The molecule has 1 aliphatic heterocycles. The molecule has 2 aromatic carbocycles. The fraction of sp³-hybridized carbons (Fsp3) is 0.500. The summed E-state index contributed by atoms with van der Waals surface area (Å²) in [7, 11) is 0. The van der Waals surface area contributed by atoms with E-state index >= 15 is 0 Å². The molecule has 1 saturated heterocycles. The quantitative estimate of drug-likeness (QED) is 0.535. The van der Waals surface area contributed by atoms with Gasteiger partial charge in [0.15, 0.2) is 0 Å². The molecule has 0 saturated carbocycles. The highest BCUT2D eigenvalue weighted by Crippen LogP contribution is 2.14. The van der Waals surface area contributed by atoms with E-state index in [4.69, 9.17) is 16.3 Å². The zero-order valence-electron chi connectivity index (χ0n) is 17.9. The molecule has 0 amide bonds. The average Bonchev–Trinajstić information content (AvgIpc) is 2.77. The van der Waals surface area contributed by atoms with Crippen molar-refractivity contribution in [3.63, 3.8) is 0 Å². The summed E-state index contributed by atoms with van der Waals surface area (Å²) in [4.78, 5) is 4.76. The zero-order valence-corrected chi connectivity index (χ0v) is 18.7. The van der Waals surface area contributed by atoms with Crippen LogP contribution in [0.25, 0.3) is 0 Å².